The number of hydrogen-bond acceptors (Lipinski definition) is 3. The van der Waals surface area contributed by atoms with Crippen LogP contribution in [0.2, 0.25) is 0 Å². The lowest BCUT2D eigenvalue weighted by molar-refractivity contribution is -0.115. The number of anilines is 1. The molecule has 1 aliphatic rings. The van der Waals surface area contributed by atoms with Gasteiger partial charge in [0.25, 0.3) is 0 Å². The maximum atomic E-state index is 13.5. The van der Waals surface area contributed by atoms with Gasteiger partial charge >= 0.3 is 0 Å². The normalized spacial score (nSPS) is 17.3. The van der Waals surface area contributed by atoms with Crippen LogP contribution in [0.3, 0.4) is 0 Å². The zero-order valence-corrected chi connectivity index (χ0v) is 12.7. The fourth-order valence-electron chi connectivity index (χ4n) is 2.57. The van der Waals surface area contributed by atoms with Gasteiger partial charge in [0.15, 0.2) is 5.13 Å². The smallest absolute Gasteiger partial charge is 0.230 e. The summed E-state index contributed by atoms with van der Waals surface area (Å²) in [5.74, 6) is 0.110. The molecule has 3 rings (SSSR count). The van der Waals surface area contributed by atoms with Crippen LogP contribution >= 0.6 is 11.3 Å². The number of thiazole rings is 1. The Morgan fingerprint density at radius 2 is 2.29 bits per heavy atom. The van der Waals surface area contributed by atoms with Crippen LogP contribution < -0.4 is 5.32 Å². The van der Waals surface area contributed by atoms with Crippen LogP contribution in [-0.4, -0.2) is 10.9 Å². The van der Waals surface area contributed by atoms with E-state index in [1.54, 1.807) is 29.5 Å². The molecule has 2 aromatic rings. The van der Waals surface area contributed by atoms with Gasteiger partial charge in [0.05, 0.1) is 12.1 Å². The van der Waals surface area contributed by atoms with Crippen molar-refractivity contribution in [2.75, 3.05) is 5.32 Å². The zero-order chi connectivity index (χ0) is 14.8. The van der Waals surface area contributed by atoms with Crippen molar-refractivity contribution in [2.24, 2.45) is 5.92 Å². The standard InChI is InChI=1S/C16H17FN2OS/c1-10-6-7-13-14(8-10)21-16(18-13)19-15(20)9-11-4-2-3-5-12(11)17/h2-5,10H,6-9H2,1H3,(H,18,19,20)/t10-/m0/s1. The van der Waals surface area contributed by atoms with Crippen LogP contribution in [-0.2, 0) is 24.1 Å². The molecule has 0 fully saturated rings. The molecule has 1 aromatic heterocycles. The quantitative estimate of drug-likeness (QED) is 0.941. The molecule has 0 saturated heterocycles. The van der Waals surface area contributed by atoms with Gasteiger partial charge in [-0.1, -0.05) is 25.1 Å². The lowest BCUT2D eigenvalue weighted by Crippen LogP contribution is -2.15. The highest BCUT2D eigenvalue weighted by Gasteiger charge is 2.20. The molecule has 3 nitrogen and oxygen atoms in total. The molecule has 0 unspecified atom stereocenters. The third-order valence-corrected chi connectivity index (χ3v) is 4.78. The van der Waals surface area contributed by atoms with Crippen molar-refractivity contribution >= 4 is 22.4 Å². The van der Waals surface area contributed by atoms with E-state index in [4.69, 9.17) is 0 Å². The Balaban J connectivity index is 1.67. The van der Waals surface area contributed by atoms with Crippen molar-refractivity contribution in [3.05, 3.63) is 46.2 Å². The first-order chi connectivity index (χ1) is 10.1. The minimum Gasteiger partial charge on any atom is -0.302 e. The maximum absolute atomic E-state index is 13.5. The summed E-state index contributed by atoms with van der Waals surface area (Å²) >= 11 is 1.55. The second kappa shape index (κ2) is 5.93. The molecule has 0 bridgehead atoms. The molecule has 21 heavy (non-hydrogen) atoms. The number of amides is 1. The Morgan fingerprint density at radius 3 is 3.10 bits per heavy atom. The minimum atomic E-state index is -0.347. The summed E-state index contributed by atoms with van der Waals surface area (Å²) < 4.78 is 13.5. The fourth-order valence-corrected chi connectivity index (χ4v) is 3.76. The van der Waals surface area contributed by atoms with Crippen molar-refractivity contribution in [3.63, 3.8) is 0 Å². The van der Waals surface area contributed by atoms with Crippen LogP contribution in [0.25, 0.3) is 0 Å². The number of hydrogen-bond donors (Lipinski definition) is 1. The number of rotatable bonds is 3. The second-order valence-corrected chi connectivity index (χ2v) is 6.64. The number of fused-ring (bicyclic) bond motifs is 1. The first-order valence-corrected chi connectivity index (χ1v) is 7.95. The molecule has 1 heterocycles. The van der Waals surface area contributed by atoms with Crippen LogP contribution in [0.15, 0.2) is 24.3 Å². The summed E-state index contributed by atoms with van der Waals surface area (Å²) in [5, 5.41) is 3.43. The molecule has 0 spiro atoms. The van der Waals surface area contributed by atoms with Gasteiger partial charge in [-0.25, -0.2) is 9.37 Å². The molecule has 0 aliphatic heterocycles. The molecule has 1 aliphatic carbocycles. The van der Waals surface area contributed by atoms with Gasteiger partial charge in [-0.15, -0.1) is 11.3 Å². The second-order valence-electron chi connectivity index (χ2n) is 5.55. The van der Waals surface area contributed by atoms with E-state index in [0.29, 0.717) is 16.6 Å². The molecule has 110 valence electrons. The molecule has 1 aromatic carbocycles. The van der Waals surface area contributed by atoms with E-state index >= 15 is 0 Å². The van der Waals surface area contributed by atoms with Gasteiger partial charge in [-0.05, 0) is 36.8 Å². The van der Waals surface area contributed by atoms with Crippen molar-refractivity contribution < 1.29 is 9.18 Å². The Bertz CT molecular complexity index is 668. The number of aryl methyl sites for hydroxylation is 1. The van der Waals surface area contributed by atoms with Crippen LogP contribution in [0, 0.1) is 11.7 Å². The summed E-state index contributed by atoms with van der Waals surface area (Å²) in [7, 11) is 0. The number of nitrogens with zero attached hydrogens (tertiary/aromatic N) is 1. The molecule has 1 N–H and O–H groups in total. The number of aromatic nitrogens is 1. The van der Waals surface area contributed by atoms with Crippen molar-refractivity contribution in [3.8, 4) is 0 Å². The first-order valence-electron chi connectivity index (χ1n) is 7.13. The van der Waals surface area contributed by atoms with Gasteiger partial charge in [0, 0.05) is 4.88 Å². The van der Waals surface area contributed by atoms with Crippen LogP contribution in [0.4, 0.5) is 9.52 Å². The largest absolute Gasteiger partial charge is 0.302 e. The highest BCUT2D eigenvalue weighted by Crippen LogP contribution is 2.32. The predicted octanol–water partition coefficient (Wildman–Crippen LogP) is 3.59. The monoisotopic (exact) mass is 304 g/mol. The lowest BCUT2D eigenvalue weighted by Gasteiger charge is -2.15. The van der Waals surface area contributed by atoms with E-state index in [1.165, 1.54) is 10.9 Å². The zero-order valence-electron chi connectivity index (χ0n) is 11.9. The summed E-state index contributed by atoms with van der Waals surface area (Å²) in [4.78, 5) is 17.8. The van der Waals surface area contributed by atoms with E-state index in [2.05, 4.69) is 17.2 Å². The molecule has 0 radical (unpaired) electrons. The van der Waals surface area contributed by atoms with E-state index in [9.17, 15) is 9.18 Å². The van der Waals surface area contributed by atoms with Crippen LogP contribution in [0.1, 0.15) is 29.5 Å². The molecular formula is C16H17FN2OS. The van der Waals surface area contributed by atoms with Gasteiger partial charge in [0.1, 0.15) is 5.82 Å². The predicted molar refractivity (Wildman–Crippen MR) is 82.0 cm³/mol. The lowest BCUT2D eigenvalue weighted by atomic mass is 9.93. The third-order valence-electron chi connectivity index (χ3n) is 3.74. The molecule has 1 amide bonds. The van der Waals surface area contributed by atoms with Crippen LogP contribution in [0.5, 0.6) is 0 Å². The van der Waals surface area contributed by atoms with E-state index in [0.717, 1.165) is 25.0 Å². The number of nitrogens with one attached hydrogen (secondary N) is 1. The number of benzene rings is 1. The number of carbonyl (C=O) groups excluding carboxylic acids is 1. The molecular weight excluding hydrogens is 287 g/mol. The van der Waals surface area contributed by atoms with Gasteiger partial charge < -0.3 is 5.32 Å². The van der Waals surface area contributed by atoms with Gasteiger partial charge in [-0.2, -0.15) is 0 Å². The SMILES string of the molecule is C[C@H]1CCc2nc(NC(=O)Cc3ccccc3F)sc2C1. The highest BCUT2D eigenvalue weighted by molar-refractivity contribution is 7.15. The minimum absolute atomic E-state index is 0.0350. The number of halogens is 1. The van der Waals surface area contributed by atoms with E-state index in [1.807, 2.05) is 0 Å². The summed E-state index contributed by atoms with van der Waals surface area (Å²) in [5.41, 5.74) is 1.52. The molecule has 5 heteroatoms. The topological polar surface area (TPSA) is 42.0 Å². The molecule has 0 saturated carbocycles. The number of carbonyl (C=O) groups is 1. The fraction of sp³-hybridized carbons (Fsp3) is 0.375. The Kier molecular flexibility index (Phi) is 4.01. The first kappa shape index (κ1) is 14.2. The van der Waals surface area contributed by atoms with Gasteiger partial charge in [0.2, 0.25) is 5.91 Å². The average Bonchev–Trinajstić information content (AvgIpc) is 2.82. The van der Waals surface area contributed by atoms with Crippen molar-refractivity contribution in [2.45, 2.75) is 32.6 Å². The van der Waals surface area contributed by atoms with Gasteiger partial charge in [-0.3, -0.25) is 4.79 Å². The van der Waals surface area contributed by atoms with Crippen molar-refractivity contribution in [1.82, 2.24) is 4.98 Å². The van der Waals surface area contributed by atoms with E-state index < -0.39 is 0 Å². The molecule has 1 atom stereocenters. The Morgan fingerprint density at radius 1 is 1.48 bits per heavy atom. The van der Waals surface area contributed by atoms with Crippen molar-refractivity contribution in [1.29, 1.82) is 0 Å². The third kappa shape index (κ3) is 3.29. The Hall–Kier alpha value is -1.75. The highest BCUT2D eigenvalue weighted by atomic mass is 32.1. The summed E-state index contributed by atoms with van der Waals surface area (Å²) in [6.07, 6.45) is 3.21. The summed E-state index contributed by atoms with van der Waals surface area (Å²) in [6.45, 7) is 2.24. The average molecular weight is 304 g/mol. The maximum Gasteiger partial charge on any atom is 0.230 e. The van der Waals surface area contributed by atoms with E-state index in [-0.39, 0.29) is 18.1 Å². The Labute approximate surface area is 127 Å². The summed E-state index contributed by atoms with van der Waals surface area (Å²) in [6, 6.07) is 6.34.